The van der Waals surface area contributed by atoms with Crippen LogP contribution < -0.4 is 5.56 Å². The number of nitrogens with zero attached hydrogens (tertiary/aromatic N) is 3. The maximum atomic E-state index is 14.4. The number of aromatic nitrogens is 4. The molecule has 0 aliphatic carbocycles. The van der Waals surface area contributed by atoms with E-state index in [-0.39, 0.29) is 21.9 Å². The van der Waals surface area contributed by atoms with Crippen LogP contribution in [0, 0.1) is 23.3 Å². The first-order valence-corrected chi connectivity index (χ1v) is 8.91. The van der Waals surface area contributed by atoms with Gasteiger partial charge in [-0.05, 0) is 29.8 Å². The van der Waals surface area contributed by atoms with Gasteiger partial charge in [-0.3, -0.25) is 9.89 Å². The second kappa shape index (κ2) is 7.12. The number of H-pyrrole nitrogens is 1. The van der Waals surface area contributed by atoms with Crippen molar-refractivity contribution >= 4 is 22.8 Å². The Morgan fingerprint density at radius 1 is 1.07 bits per heavy atom. The summed E-state index contributed by atoms with van der Waals surface area (Å²) < 4.78 is 56.5. The lowest BCUT2D eigenvalue weighted by Gasteiger charge is -2.13. The summed E-state index contributed by atoms with van der Waals surface area (Å²) in [7, 11) is 0. The second-order valence-corrected chi connectivity index (χ2v) is 6.72. The van der Waals surface area contributed by atoms with Crippen LogP contribution in [0.15, 0.2) is 52.5 Å². The molecule has 142 valence electrons. The first-order valence-electron chi connectivity index (χ1n) is 7.93. The van der Waals surface area contributed by atoms with Crippen LogP contribution in [0.3, 0.4) is 0 Å². The number of aromatic amines is 1. The van der Waals surface area contributed by atoms with E-state index >= 15 is 0 Å². The molecule has 0 saturated heterocycles. The Bertz CT molecular complexity index is 1250. The Kier molecular flexibility index (Phi) is 4.63. The Hall–Kier alpha value is -3.14. The van der Waals surface area contributed by atoms with E-state index in [2.05, 4.69) is 15.2 Å². The molecule has 0 radical (unpaired) electrons. The molecule has 0 aliphatic rings. The van der Waals surface area contributed by atoms with Crippen molar-refractivity contribution in [3.05, 3.63) is 81.8 Å². The average Bonchev–Trinajstić information content (AvgIpc) is 3.14. The van der Waals surface area contributed by atoms with E-state index in [0.717, 1.165) is 24.0 Å². The quantitative estimate of drug-likeness (QED) is 0.241. The summed E-state index contributed by atoms with van der Waals surface area (Å²) in [6.45, 7) is 0. The Balaban J connectivity index is 1.90. The van der Waals surface area contributed by atoms with Gasteiger partial charge in [-0.2, -0.15) is 5.10 Å². The SMILES string of the molecule is O=c1c2cn[nH]c2nc(SCc2cccc(F)c2)n1-c1c(F)ccc(F)c1F. The smallest absolute Gasteiger partial charge is 0.268 e. The molecule has 5 nitrogen and oxygen atoms in total. The molecular weight excluding hydrogens is 396 g/mol. The molecule has 0 atom stereocenters. The largest absolute Gasteiger partial charge is 0.270 e. The van der Waals surface area contributed by atoms with Crippen molar-refractivity contribution in [1.29, 1.82) is 0 Å². The highest BCUT2D eigenvalue weighted by atomic mass is 32.2. The van der Waals surface area contributed by atoms with Gasteiger partial charge < -0.3 is 0 Å². The van der Waals surface area contributed by atoms with Crippen molar-refractivity contribution in [2.75, 3.05) is 0 Å². The van der Waals surface area contributed by atoms with E-state index in [1.807, 2.05) is 0 Å². The normalized spacial score (nSPS) is 11.3. The Morgan fingerprint density at radius 2 is 1.86 bits per heavy atom. The van der Waals surface area contributed by atoms with E-state index in [1.165, 1.54) is 18.2 Å². The summed E-state index contributed by atoms with van der Waals surface area (Å²) in [5, 5.41) is 6.11. The lowest BCUT2D eigenvalue weighted by molar-refractivity contribution is 0.483. The van der Waals surface area contributed by atoms with Crippen molar-refractivity contribution in [1.82, 2.24) is 19.7 Å². The fourth-order valence-corrected chi connectivity index (χ4v) is 3.60. The summed E-state index contributed by atoms with van der Waals surface area (Å²) >= 11 is 0.941. The number of hydrogen-bond acceptors (Lipinski definition) is 4. The third-order valence-corrected chi connectivity index (χ3v) is 4.96. The van der Waals surface area contributed by atoms with Crippen molar-refractivity contribution < 1.29 is 17.6 Å². The van der Waals surface area contributed by atoms with Gasteiger partial charge in [-0.25, -0.2) is 27.1 Å². The first-order chi connectivity index (χ1) is 13.5. The summed E-state index contributed by atoms with van der Waals surface area (Å²) in [6.07, 6.45) is 1.16. The van der Waals surface area contributed by atoms with Crippen LogP contribution in [0.4, 0.5) is 17.6 Å². The zero-order chi connectivity index (χ0) is 19.8. The molecule has 1 N–H and O–H groups in total. The van der Waals surface area contributed by atoms with E-state index in [0.29, 0.717) is 16.2 Å². The second-order valence-electron chi connectivity index (χ2n) is 5.78. The number of rotatable bonds is 4. The third kappa shape index (κ3) is 3.15. The standard InChI is InChI=1S/C18H10F4N4OS/c19-10-3-1-2-9(6-10)8-28-18-24-16-11(7-23-25-16)17(27)26(18)15-13(21)5-4-12(20)14(15)22/h1-7H,8H2,(H,23,25). The highest BCUT2D eigenvalue weighted by Crippen LogP contribution is 2.27. The van der Waals surface area contributed by atoms with Crippen LogP contribution in [0.25, 0.3) is 16.7 Å². The predicted molar refractivity (Wildman–Crippen MR) is 95.3 cm³/mol. The van der Waals surface area contributed by atoms with Crippen molar-refractivity contribution in [2.45, 2.75) is 10.9 Å². The highest BCUT2D eigenvalue weighted by Gasteiger charge is 2.22. The van der Waals surface area contributed by atoms with Gasteiger partial charge >= 0.3 is 0 Å². The predicted octanol–water partition coefficient (Wildman–Crippen LogP) is 3.96. The molecule has 0 saturated carbocycles. The molecule has 28 heavy (non-hydrogen) atoms. The molecule has 2 aromatic heterocycles. The van der Waals surface area contributed by atoms with Crippen LogP contribution in [0.1, 0.15) is 5.56 Å². The average molecular weight is 406 g/mol. The Labute approximate surface area is 159 Å². The molecular formula is C18H10F4N4OS. The van der Waals surface area contributed by atoms with Crippen molar-refractivity contribution in [3.63, 3.8) is 0 Å². The van der Waals surface area contributed by atoms with Gasteiger partial charge in [0.05, 0.1) is 6.20 Å². The van der Waals surface area contributed by atoms with Crippen molar-refractivity contribution in [3.8, 4) is 5.69 Å². The molecule has 0 fully saturated rings. The molecule has 2 heterocycles. The summed E-state index contributed by atoms with van der Waals surface area (Å²) in [5.41, 5.74) is -1.01. The minimum Gasteiger partial charge on any atom is -0.268 e. The maximum absolute atomic E-state index is 14.4. The molecule has 0 bridgehead atoms. The van der Waals surface area contributed by atoms with Crippen LogP contribution >= 0.6 is 11.8 Å². The van der Waals surface area contributed by atoms with E-state index < -0.39 is 34.5 Å². The lowest BCUT2D eigenvalue weighted by Crippen LogP contribution is -2.24. The zero-order valence-electron chi connectivity index (χ0n) is 13.9. The molecule has 0 amide bonds. The van der Waals surface area contributed by atoms with Gasteiger partial charge in [0.2, 0.25) is 0 Å². The number of fused-ring (bicyclic) bond motifs is 1. The molecule has 4 rings (SSSR count). The Morgan fingerprint density at radius 3 is 2.64 bits per heavy atom. The summed E-state index contributed by atoms with van der Waals surface area (Å²) in [4.78, 5) is 17.0. The van der Waals surface area contributed by atoms with Gasteiger partial charge in [-0.15, -0.1) is 0 Å². The number of nitrogens with one attached hydrogen (secondary N) is 1. The monoisotopic (exact) mass is 406 g/mol. The van der Waals surface area contributed by atoms with Crippen LogP contribution in [-0.2, 0) is 5.75 Å². The minimum absolute atomic E-state index is 0.0156. The molecule has 10 heteroatoms. The lowest BCUT2D eigenvalue weighted by atomic mass is 10.2. The number of thioether (sulfide) groups is 1. The number of benzene rings is 2. The highest BCUT2D eigenvalue weighted by molar-refractivity contribution is 7.98. The molecule has 0 unspecified atom stereocenters. The van der Waals surface area contributed by atoms with Gasteiger partial charge in [0.25, 0.3) is 5.56 Å². The third-order valence-electron chi connectivity index (χ3n) is 3.95. The fourth-order valence-electron chi connectivity index (χ4n) is 2.66. The summed E-state index contributed by atoms with van der Waals surface area (Å²) in [5.74, 6) is -4.24. The van der Waals surface area contributed by atoms with Gasteiger partial charge in [0.15, 0.2) is 28.3 Å². The fraction of sp³-hybridized carbons (Fsp3) is 0.0556. The number of hydrogen-bond donors (Lipinski definition) is 1. The zero-order valence-corrected chi connectivity index (χ0v) is 14.7. The molecule has 0 aliphatic heterocycles. The minimum atomic E-state index is -1.51. The molecule has 4 aromatic rings. The summed E-state index contributed by atoms with van der Waals surface area (Å²) in [6, 6.07) is 7.07. The first kappa shape index (κ1) is 18.2. The van der Waals surface area contributed by atoms with Crippen LogP contribution in [0.2, 0.25) is 0 Å². The topological polar surface area (TPSA) is 63.6 Å². The van der Waals surface area contributed by atoms with Gasteiger partial charge in [0, 0.05) is 5.75 Å². The molecule has 2 aromatic carbocycles. The maximum Gasteiger partial charge on any atom is 0.270 e. The van der Waals surface area contributed by atoms with Crippen LogP contribution in [0.5, 0.6) is 0 Å². The number of halogens is 4. The van der Waals surface area contributed by atoms with Crippen molar-refractivity contribution in [2.24, 2.45) is 0 Å². The van der Waals surface area contributed by atoms with E-state index in [1.54, 1.807) is 6.07 Å². The van der Waals surface area contributed by atoms with Gasteiger partial charge in [-0.1, -0.05) is 23.9 Å². The van der Waals surface area contributed by atoms with E-state index in [4.69, 9.17) is 0 Å². The van der Waals surface area contributed by atoms with Crippen LogP contribution in [-0.4, -0.2) is 19.7 Å². The van der Waals surface area contributed by atoms with Gasteiger partial charge in [0.1, 0.15) is 16.9 Å². The van der Waals surface area contributed by atoms with E-state index in [9.17, 15) is 22.4 Å². The molecule has 0 spiro atoms.